The average molecular weight is 473 g/mol. The van der Waals surface area contributed by atoms with E-state index in [1.165, 1.54) is 13.2 Å². The average Bonchev–Trinajstić information content (AvgIpc) is 3.24. The minimum Gasteiger partial charge on any atom is -0.496 e. The predicted molar refractivity (Wildman–Crippen MR) is 130 cm³/mol. The molecular formula is C23H29ClN6O3. The van der Waals surface area contributed by atoms with Crippen molar-refractivity contribution in [1.29, 1.82) is 0 Å². The number of nitrogens with one attached hydrogen (secondary N) is 3. The third-order valence-corrected chi connectivity index (χ3v) is 6.26. The zero-order chi connectivity index (χ0) is 23.4. The number of benzene rings is 2. The van der Waals surface area contributed by atoms with E-state index in [1.807, 2.05) is 24.3 Å². The van der Waals surface area contributed by atoms with Gasteiger partial charge in [-0.1, -0.05) is 23.7 Å². The first-order valence-corrected chi connectivity index (χ1v) is 11.2. The van der Waals surface area contributed by atoms with Crippen LogP contribution in [-0.4, -0.2) is 73.3 Å². The van der Waals surface area contributed by atoms with Crippen molar-refractivity contribution >= 4 is 40.2 Å². The summed E-state index contributed by atoms with van der Waals surface area (Å²) in [6, 6.07) is 10.9. The lowest BCUT2D eigenvalue weighted by Crippen LogP contribution is -2.55. The van der Waals surface area contributed by atoms with E-state index in [-0.39, 0.29) is 18.1 Å². The molecule has 1 fully saturated rings. The monoisotopic (exact) mass is 472 g/mol. The highest BCUT2D eigenvalue weighted by molar-refractivity contribution is 6.33. The number of nitrogens with two attached hydrogens (primary N) is 1. The molecule has 1 aliphatic heterocycles. The second-order valence-corrected chi connectivity index (χ2v) is 8.45. The molecule has 1 aliphatic rings. The number of rotatable bonds is 8. The van der Waals surface area contributed by atoms with E-state index < -0.39 is 0 Å². The van der Waals surface area contributed by atoms with Crippen LogP contribution in [0.25, 0.3) is 11.0 Å². The van der Waals surface area contributed by atoms with E-state index in [1.54, 1.807) is 13.2 Å². The van der Waals surface area contributed by atoms with E-state index >= 15 is 0 Å². The van der Waals surface area contributed by atoms with E-state index in [2.05, 4.69) is 25.5 Å². The molecule has 0 bridgehead atoms. The Hall–Kier alpha value is -3.01. The number of nitrogens with zero attached hydrogens (tertiary/aromatic N) is 2. The fourth-order valence-electron chi connectivity index (χ4n) is 4.12. The summed E-state index contributed by atoms with van der Waals surface area (Å²) in [5.41, 5.74) is 8.49. The number of anilines is 2. The zero-order valence-electron chi connectivity index (χ0n) is 18.7. The summed E-state index contributed by atoms with van der Waals surface area (Å²) in [4.78, 5) is 23.0. The molecule has 33 heavy (non-hydrogen) atoms. The molecule has 5 N–H and O–H groups in total. The summed E-state index contributed by atoms with van der Waals surface area (Å²) in [7, 11) is 3.16. The maximum Gasteiger partial charge on any atom is 0.255 e. The molecular weight excluding hydrogens is 444 g/mol. The van der Waals surface area contributed by atoms with Crippen LogP contribution in [-0.2, 0) is 4.74 Å². The molecule has 10 heteroatoms. The van der Waals surface area contributed by atoms with E-state index in [9.17, 15) is 4.79 Å². The van der Waals surface area contributed by atoms with Crippen LogP contribution < -0.4 is 21.1 Å². The fraction of sp³-hybridized carbons (Fsp3) is 0.391. The smallest absolute Gasteiger partial charge is 0.255 e. The van der Waals surface area contributed by atoms with Gasteiger partial charge in [0.05, 0.1) is 46.6 Å². The second kappa shape index (κ2) is 10.3. The number of piperidine rings is 1. The number of methoxy groups -OCH3 is 2. The summed E-state index contributed by atoms with van der Waals surface area (Å²) in [5.74, 6) is 0.885. The van der Waals surface area contributed by atoms with Gasteiger partial charge in [-0.2, -0.15) is 0 Å². The van der Waals surface area contributed by atoms with Crippen molar-refractivity contribution < 1.29 is 14.3 Å². The number of carbonyl (C=O) groups excluding carboxylic acids is 1. The number of ether oxygens (including phenoxy) is 2. The van der Waals surface area contributed by atoms with Gasteiger partial charge in [0.2, 0.25) is 5.95 Å². The SMILES string of the molecule is COc1cc(N)c(Cl)cc1C(=O)NC1CCN(CCNc2nc3ccccc3[nH]2)CC1OC. The van der Waals surface area contributed by atoms with Gasteiger partial charge in [0.1, 0.15) is 5.75 Å². The van der Waals surface area contributed by atoms with Gasteiger partial charge < -0.3 is 30.8 Å². The number of para-hydroxylation sites is 2. The van der Waals surface area contributed by atoms with E-state index in [4.69, 9.17) is 26.8 Å². The number of likely N-dealkylation sites (tertiary alicyclic amines) is 1. The minimum absolute atomic E-state index is 0.122. The van der Waals surface area contributed by atoms with Crippen LogP contribution in [0.3, 0.4) is 0 Å². The van der Waals surface area contributed by atoms with Gasteiger partial charge in [-0.05, 0) is 24.6 Å². The first kappa shape index (κ1) is 23.2. The summed E-state index contributed by atoms with van der Waals surface area (Å²) >= 11 is 6.12. The predicted octanol–water partition coefficient (Wildman–Crippen LogP) is 2.74. The number of nitrogen functional groups attached to an aromatic ring is 1. The van der Waals surface area contributed by atoms with Crippen LogP contribution in [0.15, 0.2) is 36.4 Å². The Kier molecular flexibility index (Phi) is 7.22. The van der Waals surface area contributed by atoms with Crippen molar-refractivity contribution in [2.75, 3.05) is 51.4 Å². The van der Waals surface area contributed by atoms with Crippen molar-refractivity contribution in [3.8, 4) is 5.75 Å². The molecule has 9 nitrogen and oxygen atoms in total. The number of hydrogen-bond donors (Lipinski definition) is 4. The van der Waals surface area contributed by atoms with Crippen LogP contribution in [0, 0.1) is 0 Å². The number of fused-ring (bicyclic) bond motifs is 1. The van der Waals surface area contributed by atoms with Crippen molar-refractivity contribution in [2.24, 2.45) is 0 Å². The number of imidazole rings is 1. The highest BCUT2D eigenvalue weighted by atomic mass is 35.5. The maximum absolute atomic E-state index is 12.9. The molecule has 3 aromatic rings. The minimum atomic E-state index is -0.263. The van der Waals surface area contributed by atoms with Crippen LogP contribution in [0.2, 0.25) is 5.02 Å². The number of amides is 1. The molecule has 176 valence electrons. The molecule has 2 unspecified atom stereocenters. The molecule has 2 aromatic carbocycles. The Morgan fingerprint density at radius 1 is 1.33 bits per heavy atom. The zero-order valence-corrected chi connectivity index (χ0v) is 19.5. The van der Waals surface area contributed by atoms with Crippen molar-refractivity contribution in [3.05, 3.63) is 47.0 Å². The molecule has 0 spiro atoms. The number of aromatic amines is 1. The number of hydrogen-bond acceptors (Lipinski definition) is 7. The molecule has 0 saturated carbocycles. The van der Waals surface area contributed by atoms with E-state index in [0.717, 1.165) is 43.0 Å². The van der Waals surface area contributed by atoms with Gasteiger partial charge in [-0.25, -0.2) is 4.98 Å². The molecule has 1 amide bonds. The molecule has 0 radical (unpaired) electrons. The fourth-order valence-corrected chi connectivity index (χ4v) is 4.28. The molecule has 1 saturated heterocycles. The Labute approximate surface area is 197 Å². The molecule has 1 aromatic heterocycles. The lowest BCUT2D eigenvalue weighted by atomic mass is 10.0. The number of halogens is 1. The highest BCUT2D eigenvalue weighted by Gasteiger charge is 2.31. The van der Waals surface area contributed by atoms with Gasteiger partial charge in [0.25, 0.3) is 5.91 Å². The molecule has 2 heterocycles. The van der Waals surface area contributed by atoms with Crippen LogP contribution in [0.1, 0.15) is 16.8 Å². The quantitative estimate of drug-likeness (QED) is 0.372. The first-order chi connectivity index (χ1) is 16.0. The van der Waals surface area contributed by atoms with Gasteiger partial charge >= 0.3 is 0 Å². The van der Waals surface area contributed by atoms with Crippen LogP contribution >= 0.6 is 11.6 Å². The second-order valence-electron chi connectivity index (χ2n) is 8.05. The Morgan fingerprint density at radius 2 is 2.15 bits per heavy atom. The lowest BCUT2D eigenvalue weighted by Gasteiger charge is -2.38. The van der Waals surface area contributed by atoms with Crippen molar-refractivity contribution in [3.63, 3.8) is 0 Å². The van der Waals surface area contributed by atoms with E-state index in [0.29, 0.717) is 28.6 Å². The lowest BCUT2D eigenvalue weighted by molar-refractivity contribution is 0.00762. The van der Waals surface area contributed by atoms with Crippen LogP contribution in [0.5, 0.6) is 5.75 Å². The number of carbonyl (C=O) groups is 1. The Morgan fingerprint density at radius 3 is 2.91 bits per heavy atom. The molecule has 2 atom stereocenters. The highest BCUT2D eigenvalue weighted by Crippen LogP contribution is 2.29. The van der Waals surface area contributed by atoms with Gasteiger partial charge in [0, 0.05) is 39.4 Å². The standard InChI is InChI=1S/C23H29ClN6O3/c1-32-20-12-16(25)15(24)11-14(20)22(31)27-19-7-9-30(13-21(19)33-2)10-8-26-23-28-17-5-3-4-6-18(17)29-23/h3-6,11-12,19,21H,7-10,13,25H2,1-2H3,(H,27,31)(H2,26,28,29). The van der Waals surface area contributed by atoms with Crippen molar-refractivity contribution in [1.82, 2.24) is 20.2 Å². The first-order valence-electron chi connectivity index (χ1n) is 10.9. The Balaban J connectivity index is 1.31. The van der Waals surface area contributed by atoms with Crippen molar-refractivity contribution in [2.45, 2.75) is 18.6 Å². The molecule has 4 rings (SSSR count). The topological polar surface area (TPSA) is 118 Å². The van der Waals surface area contributed by atoms with Crippen LogP contribution in [0.4, 0.5) is 11.6 Å². The normalized spacial score (nSPS) is 18.9. The molecule has 0 aliphatic carbocycles. The number of aromatic nitrogens is 2. The van der Waals surface area contributed by atoms with Gasteiger partial charge in [-0.3, -0.25) is 9.69 Å². The summed E-state index contributed by atoms with van der Waals surface area (Å²) in [6.45, 7) is 3.13. The summed E-state index contributed by atoms with van der Waals surface area (Å²) in [6.07, 6.45) is 0.629. The van der Waals surface area contributed by atoms with Gasteiger partial charge in [0.15, 0.2) is 0 Å². The third kappa shape index (κ3) is 5.32. The maximum atomic E-state index is 12.9. The number of H-pyrrole nitrogens is 1. The van der Waals surface area contributed by atoms with Gasteiger partial charge in [-0.15, -0.1) is 0 Å². The largest absolute Gasteiger partial charge is 0.496 e. The third-order valence-electron chi connectivity index (χ3n) is 5.94. The Bertz CT molecular complexity index is 1090. The summed E-state index contributed by atoms with van der Waals surface area (Å²) in [5, 5.41) is 6.74. The summed E-state index contributed by atoms with van der Waals surface area (Å²) < 4.78 is 11.0.